The van der Waals surface area contributed by atoms with Gasteiger partial charge in [-0.2, -0.15) is 0 Å². The van der Waals surface area contributed by atoms with E-state index in [0.717, 1.165) is 11.8 Å². The molecule has 2 aliphatic rings. The van der Waals surface area contributed by atoms with Crippen molar-refractivity contribution in [1.82, 2.24) is 5.32 Å². The Morgan fingerprint density at radius 1 is 1.40 bits per heavy atom. The van der Waals surface area contributed by atoms with Gasteiger partial charge in [-0.05, 0) is 44.7 Å². The van der Waals surface area contributed by atoms with Crippen molar-refractivity contribution in [3.63, 3.8) is 0 Å². The van der Waals surface area contributed by atoms with E-state index in [9.17, 15) is 0 Å². The van der Waals surface area contributed by atoms with Crippen LogP contribution in [0.25, 0.3) is 0 Å². The van der Waals surface area contributed by atoms with Crippen molar-refractivity contribution >= 4 is 0 Å². The van der Waals surface area contributed by atoms with Gasteiger partial charge in [0.1, 0.15) is 0 Å². The van der Waals surface area contributed by atoms with Gasteiger partial charge in [0.05, 0.1) is 0 Å². The van der Waals surface area contributed by atoms with Crippen molar-refractivity contribution in [2.45, 2.75) is 19.8 Å². The van der Waals surface area contributed by atoms with Crippen LogP contribution in [0.5, 0.6) is 0 Å². The van der Waals surface area contributed by atoms with Crippen molar-refractivity contribution in [3.05, 3.63) is 11.6 Å². The third-order valence-corrected chi connectivity index (χ3v) is 2.83. The number of hydrogen-bond acceptors (Lipinski definition) is 1. The van der Waals surface area contributed by atoms with E-state index in [1.54, 1.807) is 5.57 Å². The second kappa shape index (κ2) is 2.39. The Hall–Kier alpha value is -0.300. The van der Waals surface area contributed by atoms with Gasteiger partial charge in [0, 0.05) is 0 Å². The maximum Gasteiger partial charge on any atom is -0.00141 e. The molecule has 0 aromatic heterocycles. The molecule has 1 aliphatic heterocycles. The molecule has 1 heterocycles. The zero-order valence-corrected chi connectivity index (χ0v) is 6.56. The second-order valence-corrected chi connectivity index (χ2v) is 3.67. The summed E-state index contributed by atoms with van der Waals surface area (Å²) in [6.07, 6.45) is 5.08. The van der Waals surface area contributed by atoms with Crippen LogP contribution in [-0.2, 0) is 0 Å². The third-order valence-electron chi connectivity index (χ3n) is 2.83. The molecule has 10 heavy (non-hydrogen) atoms. The highest BCUT2D eigenvalue weighted by Gasteiger charge is 2.28. The average molecular weight is 137 g/mol. The van der Waals surface area contributed by atoms with Crippen LogP contribution in [0, 0.1) is 11.8 Å². The Morgan fingerprint density at radius 2 is 2.20 bits per heavy atom. The highest BCUT2D eigenvalue weighted by atomic mass is 14.9. The van der Waals surface area contributed by atoms with Crippen LogP contribution in [0.4, 0.5) is 0 Å². The number of allylic oxidation sites excluding steroid dienone is 2. The van der Waals surface area contributed by atoms with Gasteiger partial charge in [-0.1, -0.05) is 11.6 Å². The monoisotopic (exact) mass is 137 g/mol. The van der Waals surface area contributed by atoms with Crippen LogP contribution >= 0.6 is 0 Å². The van der Waals surface area contributed by atoms with Crippen LogP contribution in [0.3, 0.4) is 0 Å². The molecule has 56 valence electrons. The molecule has 1 saturated heterocycles. The minimum absolute atomic E-state index is 0.962. The number of fused-ring (bicyclic) bond motifs is 1. The molecule has 0 radical (unpaired) electrons. The SMILES string of the molecule is CC1=CCC2CNCC2C1. The molecule has 0 spiro atoms. The van der Waals surface area contributed by atoms with E-state index >= 15 is 0 Å². The van der Waals surface area contributed by atoms with Crippen molar-refractivity contribution in [3.8, 4) is 0 Å². The van der Waals surface area contributed by atoms with Gasteiger partial charge in [0.15, 0.2) is 0 Å². The fourth-order valence-electron chi connectivity index (χ4n) is 2.15. The van der Waals surface area contributed by atoms with E-state index in [1.165, 1.54) is 25.9 Å². The zero-order chi connectivity index (χ0) is 6.97. The molecule has 0 aromatic rings. The molecular formula is C9H15N. The Balaban J connectivity index is 2.08. The first-order valence-corrected chi connectivity index (χ1v) is 4.22. The lowest BCUT2D eigenvalue weighted by atomic mass is 9.83. The summed E-state index contributed by atoms with van der Waals surface area (Å²) in [6, 6.07) is 0. The van der Waals surface area contributed by atoms with Gasteiger partial charge in [-0.25, -0.2) is 0 Å². The summed E-state index contributed by atoms with van der Waals surface area (Å²) in [7, 11) is 0. The van der Waals surface area contributed by atoms with E-state index in [-0.39, 0.29) is 0 Å². The van der Waals surface area contributed by atoms with Crippen LogP contribution in [0.15, 0.2) is 11.6 Å². The van der Waals surface area contributed by atoms with Crippen molar-refractivity contribution in [2.24, 2.45) is 11.8 Å². The van der Waals surface area contributed by atoms with E-state index in [1.807, 2.05) is 0 Å². The maximum absolute atomic E-state index is 3.45. The lowest BCUT2D eigenvalue weighted by molar-refractivity contribution is 0.400. The molecule has 0 amide bonds. The van der Waals surface area contributed by atoms with Crippen molar-refractivity contribution < 1.29 is 0 Å². The Kier molecular flexibility index (Phi) is 1.53. The first kappa shape index (κ1) is 6.41. The van der Waals surface area contributed by atoms with Crippen LogP contribution in [-0.4, -0.2) is 13.1 Å². The molecule has 1 aliphatic carbocycles. The molecule has 2 atom stereocenters. The minimum atomic E-state index is 0.962. The maximum atomic E-state index is 3.45. The summed E-state index contributed by atoms with van der Waals surface area (Å²) in [5.41, 5.74) is 1.60. The smallest absolute Gasteiger partial charge is 0.00141 e. The summed E-state index contributed by atoms with van der Waals surface area (Å²) in [5.74, 6) is 1.92. The standard InChI is InChI=1S/C9H15N/c1-7-2-3-8-5-10-6-9(8)4-7/h2,8-10H,3-6H2,1H3. The van der Waals surface area contributed by atoms with Crippen LogP contribution in [0.2, 0.25) is 0 Å². The largest absolute Gasteiger partial charge is 0.316 e. The zero-order valence-electron chi connectivity index (χ0n) is 6.56. The quantitative estimate of drug-likeness (QED) is 0.500. The highest BCUT2D eigenvalue weighted by molar-refractivity contribution is 5.07. The number of hydrogen-bond donors (Lipinski definition) is 1. The molecule has 2 rings (SSSR count). The molecule has 0 saturated carbocycles. The predicted molar refractivity (Wildman–Crippen MR) is 42.8 cm³/mol. The first-order valence-electron chi connectivity index (χ1n) is 4.22. The summed E-state index contributed by atoms with van der Waals surface area (Å²) in [4.78, 5) is 0. The van der Waals surface area contributed by atoms with Crippen molar-refractivity contribution in [1.29, 1.82) is 0 Å². The minimum Gasteiger partial charge on any atom is -0.316 e. The topological polar surface area (TPSA) is 12.0 Å². The Labute approximate surface area is 62.5 Å². The number of rotatable bonds is 0. The normalized spacial score (nSPS) is 39.1. The molecular weight excluding hydrogens is 122 g/mol. The summed E-state index contributed by atoms with van der Waals surface area (Å²) < 4.78 is 0. The van der Waals surface area contributed by atoms with E-state index in [4.69, 9.17) is 0 Å². The Bertz CT molecular complexity index is 160. The molecule has 1 nitrogen and oxygen atoms in total. The highest BCUT2D eigenvalue weighted by Crippen LogP contribution is 2.31. The number of nitrogens with one attached hydrogen (secondary N) is 1. The molecule has 1 heteroatoms. The van der Waals surface area contributed by atoms with Crippen LogP contribution < -0.4 is 5.32 Å². The van der Waals surface area contributed by atoms with E-state index < -0.39 is 0 Å². The summed E-state index contributed by atoms with van der Waals surface area (Å²) >= 11 is 0. The third kappa shape index (κ3) is 0.988. The van der Waals surface area contributed by atoms with Crippen LogP contribution in [0.1, 0.15) is 19.8 Å². The van der Waals surface area contributed by atoms with Gasteiger partial charge < -0.3 is 5.32 Å². The lowest BCUT2D eigenvalue weighted by Crippen LogP contribution is -2.15. The average Bonchev–Trinajstić information content (AvgIpc) is 2.33. The predicted octanol–water partition coefficient (Wildman–Crippen LogP) is 1.56. The summed E-state index contributed by atoms with van der Waals surface area (Å²) in [5, 5.41) is 3.45. The molecule has 1 N–H and O–H groups in total. The summed E-state index contributed by atoms with van der Waals surface area (Å²) in [6.45, 7) is 4.78. The van der Waals surface area contributed by atoms with Gasteiger partial charge in [0.25, 0.3) is 0 Å². The first-order chi connectivity index (χ1) is 4.86. The van der Waals surface area contributed by atoms with Crippen molar-refractivity contribution in [2.75, 3.05) is 13.1 Å². The lowest BCUT2D eigenvalue weighted by Gasteiger charge is -2.22. The van der Waals surface area contributed by atoms with Gasteiger partial charge in [-0.15, -0.1) is 0 Å². The van der Waals surface area contributed by atoms with E-state index in [2.05, 4.69) is 18.3 Å². The molecule has 2 unspecified atom stereocenters. The van der Waals surface area contributed by atoms with E-state index in [0.29, 0.717) is 0 Å². The molecule has 0 aromatic carbocycles. The van der Waals surface area contributed by atoms with Gasteiger partial charge >= 0.3 is 0 Å². The van der Waals surface area contributed by atoms with Gasteiger partial charge in [0.2, 0.25) is 0 Å². The fourth-order valence-corrected chi connectivity index (χ4v) is 2.15. The molecule has 0 bridgehead atoms. The Morgan fingerprint density at radius 3 is 3.10 bits per heavy atom. The fraction of sp³-hybridized carbons (Fsp3) is 0.778. The van der Waals surface area contributed by atoms with Gasteiger partial charge in [-0.3, -0.25) is 0 Å². The second-order valence-electron chi connectivity index (χ2n) is 3.67. The molecule has 1 fully saturated rings.